The van der Waals surface area contributed by atoms with Crippen LogP contribution in [-0.2, 0) is 16.6 Å². The van der Waals surface area contributed by atoms with E-state index in [2.05, 4.69) is 4.98 Å². The van der Waals surface area contributed by atoms with Crippen LogP contribution in [-0.4, -0.2) is 40.4 Å². The van der Waals surface area contributed by atoms with Crippen LogP contribution in [0, 0.1) is 5.82 Å². The first-order valence-electron chi connectivity index (χ1n) is 8.83. The van der Waals surface area contributed by atoms with E-state index in [1.807, 2.05) is 0 Å². The quantitative estimate of drug-likeness (QED) is 0.452. The Balaban J connectivity index is 2.03. The summed E-state index contributed by atoms with van der Waals surface area (Å²) in [6.07, 6.45) is 3.00. The molecule has 0 radical (unpaired) electrons. The average molecular weight is 450 g/mol. The Bertz CT molecular complexity index is 1370. The van der Waals surface area contributed by atoms with Gasteiger partial charge in [0.1, 0.15) is 16.5 Å². The van der Waals surface area contributed by atoms with Crippen LogP contribution in [0.2, 0.25) is 0 Å². The number of hydrogen-bond acceptors (Lipinski definition) is 5. The molecule has 4 rings (SSSR count). The number of phenols is 1. The van der Waals surface area contributed by atoms with Crippen LogP contribution in [0.3, 0.4) is 0 Å². The number of aromatic hydroxyl groups is 2. The van der Waals surface area contributed by atoms with E-state index in [1.165, 1.54) is 36.1 Å². The minimum Gasteiger partial charge on any atom is -0.505 e. The summed E-state index contributed by atoms with van der Waals surface area (Å²) in [5.41, 5.74) is 1.09. The van der Waals surface area contributed by atoms with Crippen LogP contribution in [0.15, 0.2) is 48.8 Å². The minimum atomic E-state index is -3.86. The number of fused-ring (bicyclic) bond motifs is 2. The standard InChI is InChI=1S/C20H17ClFN3O4S/c1-24(30(28,29)11-21)18-14-3-2-8-23-17(14)19(26)16-15(18)10-25(20(16)27)9-12-4-6-13(22)7-5-12/h2-8,10,26-27H,9,11H2,1H3. The number of pyridine rings is 1. The SMILES string of the molecule is CN(c1c2cccnc2c(O)c2c(O)n(Cc3ccc(F)cc3)cc12)S(=O)(=O)CCl. The molecule has 0 saturated heterocycles. The second-order valence-electron chi connectivity index (χ2n) is 6.78. The van der Waals surface area contributed by atoms with Gasteiger partial charge in [0.05, 0.1) is 17.6 Å². The number of rotatable bonds is 5. The molecule has 0 bridgehead atoms. The van der Waals surface area contributed by atoms with Crippen LogP contribution in [0.4, 0.5) is 10.1 Å². The van der Waals surface area contributed by atoms with E-state index in [-0.39, 0.29) is 40.6 Å². The molecule has 10 heteroatoms. The lowest BCUT2D eigenvalue weighted by Crippen LogP contribution is -2.27. The smallest absolute Gasteiger partial charge is 0.249 e. The van der Waals surface area contributed by atoms with Gasteiger partial charge in [0.25, 0.3) is 0 Å². The van der Waals surface area contributed by atoms with Crippen molar-refractivity contribution in [1.82, 2.24) is 9.55 Å². The fourth-order valence-corrected chi connectivity index (χ4v) is 4.53. The maximum absolute atomic E-state index is 13.2. The lowest BCUT2D eigenvalue weighted by molar-refractivity contribution is 0.425. The number of benzene rings is 2. The summed E-state index contributed by atoms with van der Waals surface area (Å²) in [6, 6.07) is 9.00. The summed E-state index contributed by atoms with van der Waals surface area (Å²) in [6.45, 7) is 0.176. The summed E-state index contributed by atoms with van der Waals surface area (Å²) in [4.78, 5) is 4.16. The number of nitrogens with zero attached hydrogens (tertiary/aromatic N) is 3. The Morgan fingerprint density at radius 2 is 1.87 bits per heavy atom. The molecule has 156 valence electrons. The van der Waals surface area contributed by atoms with Crippen LogP contribution < -0.4 is 4.31 Å². The van der Waals surface area contributed by atoms with E-state index in [9.17, 15) is 23.0 Å². The van der Waals surface area contributed by atoms with Crippen molar-refractivity contribution in [2.45, 2.75) is 6.54 Å². The fourth-order valence-electron chi connectivity index (χ4n) is 3.47. The van der Waals surface area contributed by atoms with Gasteiger partial charge in [0, 0.05) is 30.2 Å². The summed E-state index contributed by atoms with van der Waals surface area (Å²) in [5, 5.41) is 21.7. The Labute approximate surface area is 176 Å². The van der Waals surface area contributed by atoms with Gasteiger partial charge in [-0.1, -0.05) is 12.1 Å². The number of halogens is 2. The van der Waals surface area contributed by atoms with Crippen molar-refractivity contribution in [3.63, 3.8) is 0 Å². The lowest BCUT2D eigenvalue weighted by Gasteiger charge is -2.21. The Morgan fingerprint density at radius 3 is 2.53 bits per heavy atom. The maximum Gasteiger partial charge on any atom is 0.249 e. The molecule has 2 aromatic carbocycles. The van der Waals surface area contributed by atoms with Gasteiger partial charge in [-0.3, -0.25) is 9.29 Å². The second kappa shape index (κ2) is 7.33. The van der Waals surface area contributed by atoms with Crippen molar-refractivity contribution >= 4 is 49.0 Å². The van der Waals surface area contributed by atoms with E-state index in [0.717, 1.165) is 4.31 Å². The normalized spacial score (nSPS) is 12.0. The van der Waals surface area contributed by atoms with Gasteiger partial charge >= 0.3 is 0 Å². The summed E-state index contributed by atoms with van der Waals surface area (Å²) >= 11 is 5.65. The summed E-state index contributed by atoms with van der Waals surface area (Å²) < 4.78 is 40.7. The molecule has 0 aliphatic heterocycles. The Hall–Kier alpha value is -3.04. The van der Waals surface area contributed by atoms with E-state index < -0.39 is 15.2 Å². The molecule has 0 amide bonds. The van der Waals surface area contributed by atoms with Gasteiger partial charge in [0.2, 0.25) is 15.9 Å². The highest BCUT2D eigenvalue weighted by Crippen LogP contribution is 2.46. The largest absolute Gasteiger partial charge is 0.505 e. The maximum atomic E-state index is 13.2. The predicted octanol–water partition coefficient (Wildman–Crippen LogP) is 3.75. The van der Waals surface area contributed by atoms with Crippen molar-refractivity contribution in [3.05, 3.63) is 60.2 Å². The highest BCUT2D eigenvalue weighted by molar-refractivity contribution is 7.93. The molecule has 30 heavy (non-hydrogen) atoms. The number of alkyl halides is 1. The minimum absolute atomic E-state index is 0.0648. The third-order valence-electron chi connectivity index (χ3n) is 4.97. The summed E-state index contributed by atoms with van der Waals surface area (Å²) in [5.74, 6) is -0.917. The first-order valence-corrected chi connectivity index (χ1v) is 11.0. The van der Waals surface area contributed by atoms with Crippen LogP contribution in [0.25, 0.3) is 21.7 Å². The predicted molar refractivity (Wildman–Crippen MR) is 114 cm³/mol. The number of anilines is 1. The molecule has 0 saturated carbocycles. The van der Waals surface area contributed by atoms with E-state index in [4.69, 9.17) is 11.6 Å². The van der Waals surface area contributed by atoms with Gasteiger partial charge in [-0.15, -0.1) is 11.6 Å². The lowest BCUT2D eigenvalue weighted by atomic mass is 10.1. The molecule has 2 heterocycles. The highest BCUT2D eigenvalue weighted by Gasteiger charge is 2.27. The fraction of sp³-hybridized carbons (Fsp3) is 0.150. The van der Waals surface area contributed by atoms with Crippen molar-refractivity contribution < 1.29 is 23.0 Å². The molecule has 0 aliphatic rings. The molecule has 2 aromatic heterocycles. The third kappa shape index (κ3) is 3.20. The Kier molecular flexibility index (Phi) is 4.95. The third-order valence-corrected chi connectivity index (χ3v) is 7.09. The molecule has 0 fully saturated rings. The zero-order chi connectivity index (χ0) is 21.6. The topological polar surface area (TPSA) is 95.7 Å². The van der Waals surface area contributed by atoms with Crippen molar-refractivity contribution in [2.75, 3.05) is 16.6 Å². The van der Waals surface area contributed by atoms with Gasteiger partial charge in [-0.25, -0.2) is 12.8 Å². The van der Waals surface area contributed by atoms with Crippen molar-refractivity contribution in [2.24, 2.45) is 0 Å². The molecular weight excluding hydrogens is 433 g/mol. The first-order chi connectivity index (χ1) is 14.2. The average Bonchev–Trinajstić information content (AvgIpc) is 3.06. The molecule has 4 aromatic rings. The van der Waals surface area contributed by atoms with E-state index in [1.54, 1.807) is 24.3 Å². The number of phenolic OH excluding ortho intramolecular Hbond substituents is 1. The number of aromatic nitrogens is 2. The van der Waals surface area contributed by atoms with Crippen LogP contribution in [0.1, 0.15) is 5.56 Å². The van der Waals surface area contributed by atoms with Crippen molar-refractivity contribution in [1.29, 1.82) is 0 Å². The summed E-state index contributed by atoms with van der Waals surface area (Å²) in [7, 11) is -2.51. The molecule has 0 unspecified atom stereocenters. The van der Waals surface area contributed by atoms with Gasteiger partial charge < -0.3 is 14.8 Å². The number of sulfonamides is 1. The van der Waals surface area contributed by atoms with Crippen molar-refractivity contribution in [3.8, 4) is 11.6 Å². The Morgan fingerprint density at radius 1 is 1.17 bits per heavy atom. The zero-order valence-electron chi connectivity index (χ0n) is 15.7. The molecule has 0 spiro atoms. The first kappa shape index (κ1) is 20.2. The highest BCUT2D eigenvalue weighted by atomic mass is 35.5. The van der Waals surface area contributed by atoms with Crippen LogP contribution >= 0.6 is 11.6 Å². The number of hydrogen-bond donors (Lipinski definition) is 2. The molecule has 0 aliphatic carbocycles. The van der Waals surface area contributed by atoms with E-state index in [0.29, 0.717) is 16.3 Å². The van der Waals surface area contributed by atoms with E-state index >= 15 is 0 Å². The monoisotopic (exact) mass is 449 g/mol. The van der Waals surface area contributed by atoms with Gasteiger partial charge in [-0.05, 0) is 29.8 Å². The van der Waals surface area contributed by atoms with Gasteiger partial charge in [0.15, 0.2) is 5.75 Å². The van der Waals surface area contributed by atoms with Gasteiger partial charge in [-0.2, -0.15) is 0 Å². The molecule has 7 nitrogen and oxygen atoms in total. The zero-order valence-corrected chi connectivity index (χ0v) is 17.3. The van der Waals surface area contributed by atoms with Crippen LogP contribution in [0.5, 0.6) is 11.6 Å². The molecular formula is C20H17ClFN3O4S. The molecule has 0 atom stereocenters. The molecule has 2 N–H and O–H groups in total. The second-order valence-corrected chi connectivity index (χ2v) is 9.37.